The van der Waals surface area contributed by atoms with Crippen molar-refractivity contribution in [1.29, 1.82) is 0 Å². The lowest BCUT2D eigenvalue weighted by Gasteiger charge is -2.10. The third-order valence-electron chi connectivity index (χ3n) is 2.47. The summed E-state index contributed by atoms with van der Waals surface area (Å²) in [5, 5.41) is 12.6. The Morgan fingerprint density at radius 3 is 3.12 bits per heavy atom. The van der Waals surface area contributed by atoms with Crippen molar-refractivity contribution in [1.82, 2.24) is 14.7 Å². The molecule has 0 saturated heterocycles. The van der Waals surface area contributed by atoms with E-state index in [1.54, 1.807) is 0 Å². The minimum absolute atomic E-state index is 0.0466. The van der Waals surface area contributed by atoms with Gasteiger partial charge in [0.2, 0.25) is 0 Å². The highest BCUT2D eigenvalue weighted by atomic mass is 35.5. The maximum atomic E-state index is 8.93. The van der Waals surface area contributed by atoms with E-state index in [9.17, 15) is 0 Å². The van der Waals surface area contributed by atoms with Crippen LogP contribution in [0.15, 0.2) is 24.4 Å². The number of aromatic nitrogens is 2. The summed E-state index contributed by atoms with van der Waals surface area (Å²) in [5.41, 5.74) is 1.75. The molecule has 2 aromatic rings. The van der Waals surface area contributed by atoms with E-state index in [1.807, 2.05) is 35.7 Å². The average molecular weight is 240 g/mol. The van der Waals surface area contributed by atoms with Gasteiger partial charge in [0.05, 0.1) is 12.3 Å². The second kappa shape index (κ2) is 4.82. The smallest absolute Gasteiger partial charge is 0.152 e. The van der Waals surface area contributed by atoms with Crippen LogP contribution < -0.4 is 5.32 Å². The summed E-state index contributed by atoms with van der Waals surface area (Å²) in [6.45, 7) is 2.61. The second-order valence-corrected chi connectivity index (χ2v) is 4.10. The van der Waals surface area contributed by atoms with Crippen molar-refractivity contribution in [2.45, 2.75) is 19.5 Å². The van der Waals surface area contributed by atoms with Gasteiger partial charge in [-0.05, 0) is 19.1 Å². The summed E-state index contributed by atoms with van der Waals surface area (Å²) in [6, 6.07) is 5.81. The first-order chi connectivity index (χ1) is 7.72. The summed E-state index contributed by atoms with van der Waals surface area (Å²) in [6.07, 6.45) is 1.93. The van der Waals surface area contributed by atoms with Gasteiger partial charge in [0.1, 0.15) is 5.65 Å². The van der Waals surface area contributed by atoms with Crippen LogP contribution >= 0.6 is 11.6 Å². The molecule has 0 saturated carbocycles. The normalized spacial score (nSPS) is 13.2. The Morgan fingerprint density at radius 1 is 1.56 bits per heavy atom. The molecule has 0 amide bonds. The van der Waals surface area contributed by atoms with E-state index in [0.717, 1.165) is 11.3 Å². The first-order valence-electron chi connectivity index (χ1n) is 5.18. The number of halogens is 1. The lowest BCUT2D eigenvalue weighted by Crippen LogP contribution is -2.29. The molecule has 0 aliphatic heterocycles. The molecule has 0 aliphatic carbocycles. The Bertz CT molecular complexity index is 483. The van der Waals surface area contributed by atoms with Crippen LogP contribution in [0.3, 0.4) is 0 Å². The fraction of sp³-hybridized carbons (Fsp3) is 0.364. The van der Waals surface area contributed by atoms with Crippen molar-refractivity contribution in [3.8, 4) is 0 Å². The minimum Gasteiger partial charge on any atom is -0.395 e. The molecule has 0 radical (unpaired) electrons. The molecule has 0 aliphatic rings. The zero-order valence-corrected chi connectivity index (χ0v) is 9.78. The number of aliphatic hydroxyl groups excluding tert-OH is 1. The van der Waals surface area contributed by atoms with Crippen LogP contribution in [0.1, 0.15) is 12.6 Å². The van der Waals surface area contributed by atoms with Gasteiger partial charge in [-0.3, -0.25) is 0 Å². The quantitative estimate of drug-likeness (QED) is 0.849. The van der Waals surface area contributed by atoms with Gasteiger partial charge in [-0.15, -0.1) is 0 Å². The summed E-state index contributed by atoms with van der Waals surface area (Å²) in [4.78, 5) is 4.24. The highest BCUT2D eigenvalue weighted by molar-refractivity contribution is 6.30. The van der Waals surface area contributed by atoms with Gasteiger partial charge in [0.25, 0.3) is 0 Å². The third kappa shape index (κ3) is 2.19. The molecule has 2 N–H and O–H groups in total. The molecule has 4 nitrogen and oxygen atoms in total. The number of rotatable bonds is 4. The SMILES string of the molecule is CC(CO)NCc1c(Cl)nc2ccccn12. The van der Waals surface area contributed by atoms with E-state index >= 15 is 0 Å². The third-order valence-corrected chi connectivity index (χ3v) is 2.77. The van der Waals surface area contributed by atoms with E-state index in [0.29, 0.717) is 11.7 Å². The van der Waals surface area contributed by atoms with Gasteiger partial charge < -0.3 is 14.8 Å². The van der Waals surface area contributed by atoms with Crippen LogP contribution in [0.5, 0.6) is 0 Å². The van der Waals surface area contributed by atoms with Crippen LogP contribution in [0, 0.1) is 0 Å². The van der Waals surface area contributed by atoms with Crippen molar-refractivity contribution < 1.29 is 5.11 Å². The standard InChI is InChI=1S/C11H14ClN3O/c1-8(7-16)13-6-9-11(12)14-10-4-2-3-5-15(9)10/h2-5,8,13,16H,6-7H2,1H3. The van der Waals surface area contributed by atoms with E-state index in [1.165, 1.54) is 0 Å². The lowest BCUT2D eigenvalue weighted by atomic mass is 10.3. The topological polar surface area (TPSA) is 49.6 Å². The van der Waals surface area contributed by atoms with E-state index < -0.39 is 0 Å². The van der Waals surface area contributed by atoms with E-state index in [-0.39, 0.29) is 12.6 Å². The molecule has 2 rings (SSSR count). The number of hydrogen-bond acceptors (Lipinski definition) is 3. The number of nitrogens with zero attached hydrogens (tertiary/aromatic N) is 2. The van der Waals surface area contributed by atoms with Gasteiger partial charge in [-0.1, -0.05) is 17.7 Å². The molecule has 0 bridgehead atoms. The molecule has 0 spiro atoms. The van der Waals surface area contributed by atoms with Crippen molar-refractivity contribution in [2.24, 2.45) is 0 Å². The fourth-order valence-corrected chi connectivity index (χ4v) is 1.76. The largest absolute Gasteiger partial charge is 0.395 e. The molecule has 16 heavy (non-hydrogen) atoms. The Balaban J connectivity index is 2.26. The second-order valence-electron chi connectivity index (χ2n) is 3.74. The zero-order chi connectivity index (χ0) is 11.5. The minimum atomic E-state index is 0.0466. The molecular weight excluding hydrogens is 226 g/mol. The Morgan fingerprint density at radius 2 is 2.38 bits per heavy atom. The summed E-state index contributed by atoms with van der Waals surface area (Å²) in [7, 11) is 0. The number of aliphatic hydroxyl groups is 1. The molecule has 0 aromatic carbocycles. The monoisotopic (exact) mass is 239 g/mol. The lowest BCUT2D eigenvalue weighted by molar-refractivity contribution is 0.250. The maximum Gasteiger partial charge on any atom is 0.152 e. The molecule has 1 unspecified atom stereocenters. The van der Waals surface area contributed by atoms with Gasteiger partial charge >= 0.3 is 0 Å². The average Bonchev–Trinajstić information content (AvgIpc) is 2.62. The predicted octanol–water partition coefficient (Wildman–Crippen LogP) is 1.46. The van der Waals surface area contributed by atoms with Crippen LogP contribution in [0.25, 0.3) is 5.65 Å². The summed E-state index contributed by atoms with van der Waals surface area (Å²) in [5.74, 6) is 0. The number of hydrogen-bond donors (Lipinski definition) is 2. The molecule has 0 fully saturated rings. The molecule has 1 atom stereocenters. The Kier molecular flexibility index (Phi) is 3.43. The van der Waals surface area contributed by atoms with Gasteiger partial charge in [0.15, 0.2) is 5.15 Å². The van der Waals surface area contributed by atoms with Crippen molar-refractivity contribution in [3.63, 3.8) is 0 Å². The van der Waals surface area contributed by atoms with Crippen LogP contribution in [0.4, 0.5) is 0 Å². The first-order valence-corrected chi connectivity index (χ1v) is 5.56. The molecule has 2 aromatic heterocycles. The van der Waals surface area contributed by atoms with Crippen molar-refractivity contribution in [3.05, 3.63) is 35.2 Å². The van der Waals surface area contributed by atoms with Crippen molar-refractivity contribution in [2.75, 3.05) is 6.61 Å². The van der Waals surface area contributed by atoms with Crippen molar-refractivity contribution >= 4 is 17.2 Å². The fourth-order valence-electron chi connectivity index (χ4n) is 1.51. The highest BCUT2D eigenvalue weighted by Crippen LogP contribution is 2.17. The zero-order valence-electron chi connectivity index (χ0n) is 9.02. The van der Waals surface area contributed by atoms with E-state index in [2.05, 4.69) is 10.3 Å². The van der Waals surface area contributed by atoms with Crippen LogP contribution in [0.2, 0.25) is 5.15 Å². The van der Waals surface area contributed by atoms with Crippen LogP contribution in [-0.4, -0.2) is 27.1 Å². The first kappa shape index (κ1) is 11.4. The number of imidazole rings is 1. The molecule has 2 heterocycles. The molecule has 5 heteroatoms. The van der Waals surface area contributed by atoms with E-state index in [4.69, 9.17) is 16.7 Å². The van der Waals surface area contributed by atoms with Gasteiger partial charge in [-0.2, -0.15) is 0 Å². The molecule has 86 valence electrons. The summed E-state index contributed by atoms with van der Waals surface area (Å²) >= 11 is 6.06. The maximum absolute atomic E-state index is 8.93. The van der Waals surface area contributed by atoms with Gasteiger partial charge in [0, 0.05) is 18.8 Å². The number of nitrogens with one attached hydrogen (secondary N) is 1. The Hall–Kier alpha value is -1.10. The van der Waals surface area contributed by atoms with Crippen LogP contribution in [-0.2, 0) is 6.54 Å². The predicted molar refractivity (Wildman–Crippen MR) is 63.6 cm³/mol. The Labute approximate surface area is 98.9 Å². The number of pyridine rings is 1. The summed E-state index contributed by atoms with van der Waals surface area (Å²) < 4.78 is 1.94. The highest BCUT2D eigenvalue weighted by Gasteiger charge is 2.10. The number of fused-ring (bicyclic) bond motifs is 1. The van der Waals surface area contributed by atoms with Gasteiger partial charge in [-0.25, -0.2) is 4.98 Å². The molecular formula is C11H14ClN3O.